The standard InChI is InChI=1S/C25H25NO3/c1-19(27)26-16-14-25(15-17-26,22-11-3-2-4-12-22)24(28)29-18-21-10-7-9-20-8-5-6-13-23(20)21/h2-13H,14-18H2,1H3. The molecule has 4 heteroatoms. The van der Waals surface area contributed by atoms with E-state index in [0.29, 0.717) is 25.9 Å². The number of fused-ring (bicyclic) bond motifs is 1. The molecule has 1 saturated heterocycles. The Morgan fingerprint density at radius 2 is 1.55 bits per heavy atom. The third-order valence-electron chi connectivity index (χ3n) is 6.02. The topological polar surface area (TPSA) is 46.6 Å². The largest absolute Gasteiger partial charge is 0.460 e. The molecule has 0 aromatic heterocycles. The van der Waals surface area contributed by atoms with Gasteiger partial charge >= 0.3 is 5.97 Å². The summed E-state index contributed by atoms with van der Waals surface area (Å²) in [6, 6.07) is 24.0. The number of nitrogens with zero attached hydrogens (tertiary/aromatic N) is 1. The summed E-state index contributed by atoms with van der Waals surface area (Å²) in [5.41, 5.74) is 1.25. The van der Waals surface area contributed by atoms with Crippen LogP contribution >= 0.6 is 0 Å². The molecule has 3 aromatic carbocycles. The maximum Gasteiger partial charge on any atom is 0.317 e. The first kappa shape index (κ1) is 19.2. The predicted molar refractivity (Wildman–Crippen MR) is 113 cm³/mol. The van der Waals surface area contributed by atoms with Crippen molar-refractivity contribution in [1.29, 1.82) is 0 Å². The van der Waals surface area contributed by atoms with Crippen LogP contribution in [0.25, 0.3) is 10.8 Å². The molecule has 0 saturated carbocycles. The van der Waals surface area contributed by atoms with Crippen molar-refractivity contribution in [2.24, 2.45) is 0 Å². The number of esters is 1. The van der Waals surface area contributed by atoms with Crippen LogP contribution in [-0.4, -0.2) is 29.9 Å². The minimum Gasteiger partial charge on any atom is -0.460 e. The third-order valence-corrected chi connectivity index (χ3v) is 6.02. The average molecular weight is 387 g/mol. The summed E-state index contributed by atoms with van der Waals surface area (Å²) in [4.78, 5) is 26.9. The molecule has 148 valence electrons. The Kier molecular flexibility index (Phi) is 5.34. The van der Waals surface area contributed by atoms with Crippen LogP contribution in [0.1, 0.15) is 30.9 Å². The molecule has 4 rings (SSSR count). The fourth-order valence-electron chi connectivity index (χ4n) is 4.27. The van der Waals surface area contributed by atoms with Crippen molar-refractivity contribution < 1.29 is 14.3 Å². The van der Waals surface area contributed by atoms with Crippen molar-refractivity contribution in [3.63, 3.8) is 0 Å². The second kappa shape index (κ2) is 8.08. The zero-order valence-corrected chi connectivity index (χ0v) is 16.6. The zero-order chi connectivity index (χ0) is 20.3. The van der Waals surface area contributed by atoms with Gasteiger partial charge in [0.1, 0.15) is 6.61 Å². The van der Waals surface area contributed by atoms with Crippen LogP contribution < -0.4 is 0 Å². The van der Waals surface area contributed by atoms with E-state index in [1.165, 1.54) is 0 Å². The summed E-state index contributed by atoms with van der Waals surface area (Å²) in [7, 11) is 0. The molecule has 0 bridgehead atoms. The number of rotatable bonds is 4. The molecule has 1 aliphatic heterocycles. The van der Waals surface area contributed by atoms with E-state index in [-0.39, 0.29) is 18.5 Å². The Morgan fingerprint density at radius 1 is 0.897 bits per heavy atom. The Bertz CT molecular complexity index is 1020. The summed E-state index contributed by atoms with van der Waals surface area (Å²) in [6.07, 6.45) is 1.15. The molecule has 1 heterocycles. The first-order valence-corrected chi connectivity index (χ1v) is 10.0. The molecule has 3 aromatic rings. The van der Waals surface area contributed by atoms with Crippen molar-refractivity contribution in [3.05, 3.63) is 83.9 Å². The highest BCUT2D eigenvalue weighted by Crippen LogP contribution is 2.37. The van der Waals surface area contributed by atoms with Crippen LogP contribution in [0.3, 0.4) is 0 Å². The van der Waals surface area contributed by atoms with Gasteiger partial charge in [0, 0.05) is 20.0 Å². The molecule has 0 spiro atoms. The molecule has 1 amide bonds. The first-order chi connectivity index (χ1) is 14.1. The van der Waals surface area contributed by atoms with Gasteiger partial charge in [-0.25, -0.2) is 0 Å². The molecular weight excluding hydrogens is 362 g/mol. The van der Waals surface area contributed by atoms with Crippen molar-refractivity contribution in [2.75, 3.05) is 13.1 Å². The lowest BCUT2D eigenvalue weighted by molar-refractivity contribution is -0.155. The molecule has 1 fully saturated rings. The lowest BCUT2D eigenvalue weighted by atomic mass is 9.72. The summed E-state index contributed by atoms with van der Waals surface area (Å²) in [6.45, 7) is 2.95. The quantitative estimate of drug-likeness (QED) is 0.621. The van der Waals surface area contributed by atoms with Gasteiger partial charge < -0.3 is 9.64 Å². The number of likely N-dealkylation sites (tertiary alicyclic amines) is 1. The van der Waals surface area contributed by atoms with Crippen LogP contribution in [0.5, 0.6) is 0 Å². The van der Waals surface area contributed by atoms with Crippen LogP contribution in [0.4, 0.5) is 0 Å². The molecular formula is C25H25NO3. The molecule has 1 aliphatic rings. The van der Waals surface area contributed by atoms with Gasteiger partial charge in [-0.05, 0) is 34.7 Å². The van der Waals surface area contributed by atoms with Crippen molar-refractivity contribution in [1.82, 2.24) is 4.90 Å². The van der Waals surface area contributed by atoms with E-state index < -0.39 is 5.41 Å². The Morgan fingerprint density at radius 3 is 2.28 bits per heavy atom. The number of carbonyl (C=O) groups excluding carboxylic acids is 2. The summed E-state index contributed by atoms with van der Waals surface area (Å²) in [5.74, 6) is -0.157. The Labute approximate surface area is 171 Å². The van der Waals surface area contributed by atoms with Gasteiger partial charge in [-0.2, -0.15) is 0 Å². The number of amides is 1. The summed E-state index contributed by atoms with van der Waals surface area (Å²) >= 11 is 0. The fourth-order valence-corrected chi connectivity index (χ4v) is 4.27. The summed E-state index contributed by atoms with van der Waals surface area (Å²) < 4.78 is 5.89. The van der Waals surface area contributed by atoms with Crippen molar-refractivity contribution in [2.45, 2.75) is 31.8 Å². The Hall–Kier alpha value is -3.14. The minimum absolute atomic E-state index is 0.0517. The highest BCUT2D eigenvalue weighted by molar-refractivity contribution is 5.87. The average Bonchev–Trinajstić information content (AvgIpc) is 2.78. The maximum absolute atomic E-state index is 13.4. The molecule has 4 nitrogen and oxygen atoms in total. The van der Waals surface area contributed by atoms with Gasteiger partial charge in [-0.3, -0.25) is 9.59 Å². The van der Waals surface area contributed by atoms with Crippen LogP contribution in [0, 0.1) is 0 Å². The van der Waals surface area contributed by atoms with Crippen LogP contribution in [0.15, 0.2) is 72.8 Å². The number of piperidine rings is 1. The van der Waals surface area contributed by atoms with Gasteiger partial charge in [0.25, 0.3) is 0 Å². The van der Waals surface area contributed by atoms with Crippen LogP contribution in [-0.2, 0) is 26.3 Å². The number of hydrogen-bond donors (Lipinski definition) is 0. The SMILES string of the molecule is CC(=O)N1CCC(C(=O)OCc2cccc3ccccc23)(c2ccccc2)CC1. The molecule has 0 N–H and O–H groups in total. The van der Waals surface area contributed by atoms with Crippen LogP contribution in [0.2, 0.25) is 0 Å². The second-order valence-corrected chi connectivity index (χ2v) is 7.67. The molecule has 0 aliphatic carbocycles. The third kappa shape index (κ3) is 3.75. The van der Waals surface area contributed by atoms with E-state index >= 15 is 0 Å². The van der Waals surface area contributed by atoms with E-state index in [0.717, 1.165) is 21.9 Å². The lowest BCUT2D eigenvalue weighted by Crippen LogP contribution is -2.49. The molecule has 0 radical (unpaired) electrons. The molecule has 29 heavy (non-hydrogen) atoms. The van der Waals surface area contributed by atoms with Crippen molar-refractivity contribution >= 4 is 22.6 Å². The summed E-state index contributed by atoms with van der Waals surface area (Å²) in [5, 5.41) is 2.23. The number of carbonyl (C=O) groups is 2. The first-order valence-electron chi connectivity index (χ1n) is 10.0. The lowest BCUT2D eigenvalue weighted by Gasteiger charge is -2.40. The van der Waals surface area contributed by atoms with E-state index in [1.54, 1.807) is 11.8 Å². The van der Waals surface area contributed by atoms with Gasteiger partial charge in [0.2, 0.25) is 5.91 Å². The van der Waals surface area contributed by atoms with E-state index in [4.69, 9.17) is 4.74 Å². The van der Waals surface area contributed by atoms with E-state index in [9.17, 15) is 9.59 Å². The smallest absolute Gasteiger partial charge is 0.317 e. The molecule has 0 atom stereocenters. The van der Waals surface area contributed by atoms with Gasteiger partial charge in [-0.1, -0.05) is 72.8 Å². The van der Waals surface area contributed by atoms with E-state index in [1.807, 2.05) is 54.6 Å². The maximum atomic E-state index is 13.4. The normalized spacial score (nSPS) is 15.8. The van der Waals surface area contributed by atoms with Gasteiger partial charge in [0.15, 0.2) is 0 Å². The zero-order valence-electron chi connectivity index (χ0n) is 16.6. The fraction of sp³-hybridized carbons (Fsp3) is 0.280. The van der Waals surface area contributed by atoms with Gasteiger partial charge in [0.05, 0.1) is 5.41 Å². The second-order valence-electron chi connectivity index (χ2n) is 7.67. The van der Waals surface area contributed by atoms with E-state index in [2.05, 4.69) is 18.2 Å². The predicted octanol–water partition coefficient (Wildman–Crippen LogP) is 4.46. The van der Waals surface area contributed by atoms with Gasteiger partial charge in [-0.15, -0.1) is 0 Å². The molecule has 0 unspecified atom stereocenters. The Balaban J connectivity index is 1.58. The highest BCUT2D eigenvalue weighted by atomic mass is 16.5. The van der Waals surface area contributed by atoms with Crippen molar-refractivity contribution in [3.8, 4) is 0 Å². The number of benzene rings is 3. The monoisotopic (exact) mass is 387 g/mol. The number of hydrogen-bond acceptors (Lipinski definition) is 3. The highest BCUT2D eigenvalue weighted by Gasteiger charge is 2.44. The minimum atomic E-state index is -0.711. The number of ether oxygens (including phenoxy) is 1.